The van der Waals surface area contributed by atoms with Crippen LogP contribution in [0.25, 0.3) is 0 Å². The maximum atomic E-state index is 12.4. The predicted octanol–water partition coefficient (Wildman–Crippen LogP) is 2.19. The van der Waals surface area contributed by atoms with Gasteiger partial charge >= 0.3 is 0 Å². The Morgan fingerprint density at radius 2 is 1.68 bits per heavy atom. The Balaban J connectivity index is 2.01. The number of carbonyl (C=O) groups is 2. The van der Waals surface area contributed by atoms with Crippen molar-refractivity contribution in [2.24, 2.45) is 0 Å². The lowest BCUT2D eigenvalue weighted by atomic mass is 10.1. The van der Waals surface area contributed by atoms with E-state index in [0.29, 0.717) is 23.4 Å². The summed E-state index contributed by atoms with van der Waals surface area (Å²) >= 11 is 0. The zero-order valence-corrected chi connectivity index (χ0v) is 14.9. The molecule has 1 aromatic heterocycles. The van der Waals surface area contributed by atoms with Gasteiger partial charge in [0.25, 0.3) is 11.8 Å². The first-order chi connectivity index (χ1) is 12.0. The van der Waals surface area contributed by atoms with Gasteiger partial charge in [-0.25, -0.2) is 0 Å². The van der Waals surface area contributed by atoms with Crippen molar-refractivity contribution >= 4 is 17.5 Å². The maximum absolute atomic E-state index is 12.4. The molecule has 2 aromatic rings. The van der Waals surface area contributed by atoms with Gasteiger partial charge in [0.05, 0.1) is 11.1 Å². The van der Waals surface area contributed by atoms with Gasteiger partial charge in [-0.2, -0.15) is 0 Å². The Kier molecular flexibility index (Phi) is 6.65. The van der Waals surface area contributed by atoms with Crippen LogP contribution in [0.1, 0.15) is 33.2 Å². The van der Waals surface area contributed by atoms with E-state index in [1.807, 2.05) is 43.3 Å². The summed E-state index contributed by atoms with van der Waals surface area (Å²) in [5, 5.41) is 5.62. The second-order valence-corrected chi connectivity index (χ2v) is 6.03. The van der Waals surface area contributed by atoms with Crippen molar-refractivity contribution in [1.29, 1.82) is 0 Å². The summed E-state index contributed by atoms with van der Waals surface area (Å²) < 4.78 is 0. The Bertz CT molecular complexity index is 726. The minimum atomic E-state index is -0.292. The molecule has 2 amide bonds. The van der Waals surface area contributed by atoms with Crippen molar-refractivity contribution in [3.63, 3.8) is 0 Å². The molecule has 0 spiro atoms. The summed E-state index contributed by atoms with van der Waals surface area (Å²) in [4.78, 5) is 30.5. The SMILES string of the molecule is CCc1ccc(NC(=O)c2cncc(C(=O)NCCN(C)C)c2)cc1. The standard InChI is InChI=1S/C19H24N4O2/c1-4-14-5-7-17(8-6-14)22-19(25)16-11-15(12-20-13-16)18(24)21-9-10-23(2)3/h5-8,11-13H,4,9-10H2,1-3H3,(H,21,24)(H,22,25). The lowest BCUT2D eigenvalue weighted by Gasteiger charge is -2.11. The molecule has 0 atom stereocenters. The van der Waals surface area contributed by atoms with Crippen LogP contribution < -0.4 is 10.6 Å². The molecule has 0 aliphatic heterocycles. The number of anilines is 1. The minimum absolute atomic E-state index is 0.240. The average Bonchev–Trinajstić information content (AvgIpc) is 2.62. The van der Waals surface area contributed by atoms with E-state index in [4.69, 9.17) is 0 Å². The van der Waals surface area contributed by atoms with Gasteiger partial charge in [-0.05, 0) is 44.3 Å². The molecule has 0 saturated carbocycles. The normalized spacial score (nSPS) is 10.6. The summed E-state index contributed by atoms with van der Waals surface area (Å²) in [6.07, 6.45) is 3.85. The van der Waals surface area contributed by atoms with Gasteiger partial charge in [-0.1, -0.05) is 19.1 Å². The van der Waals surface area contributed by atoms with Crippen molar-refractivity contribution in [3.8, 4) is 0 Å². The number of rotatable bonds is 7. The molecular formula is C19H24N4O2. The van der Waals surface area contributed by atoms with Crippen molar-refractivity contribution < 1.29 is 9.59 Å². The van der Waals surface area contributed by atoms with E-state index in [1.165, 1.54) is 18.0 Å². The first-order valence-corrected chi connectivity index (χ1v) is 8.28. The number of likely N-dealkylation sites (N-methyl/N-ethyl adjacent to an activating group) is 1. The topological polar surface area (TPSA) is 74.3 Å². The molecule has 2 N–H and O–H groups in total. The first kappa shape index (κ1) is 18.6. The Morgan fingerprint density at radius 1 is 1.04 bits per heavy atom. The van der Waals surface area contributed by atoms with Gasteiger partial charge in [-0.15, -0.1) is 0 Å². The van der Waals surface area contributed by atoms with Crippen LogP contribution in [0.4, 0.5) is 5.69 Å². The molecule has 0 unspecified atom stereocenters. The maximum Gasteiger partial charge on any atom is 0.257 e. The number of hydrogen-bond donors (Lipinski definition) is 2. The molecular weight excluding hydrogens is 316 g/mol. The molecule has 0 aliphatic rings. The van der Waals surface area contributed by atoms with E-state index in [9.17, 15) is 9.59 Å². The summed E-state index contributed by atoms with van der Waals surface area (Å²) in [6, 6.07) is 9.22. The molecule has 1 aromatic carbocycles. The number of hydrogen-bond acceptors (Lipinski definition) is 4. The number of pyridine rings is 1. The molecule has 0 bridgehead atoms. The van der Waals surface area contributed by atoms with Crippen LogP contribution >= 0.6 is 0 Å². The lowest BCUT2D eigenvalue weighted by molar-refractivity contribution is 0.0950. The Morgan fingerprint density at radius 3 is 2.28 bits per heavy atom. The van der Waals surface area contributed by atoms with Crippen molar-refractivity contribution in [1.82, 2.24) is 15.2 Å². The summed E-state index contributed by atoms with van der Waals surface area (Å²) in [5.74, 6) is -0.531. The minimum Gasteiger partial charge on any atom is -0.351 e. The third-order valence-corrected chi connectivity index (χ3v) is 3.73. The van der Waals surface area contributed by atoms with Crippen molar-refractivity contribution in [3.05, 3.63) is 59.4 Å². The van der Waals surface area contributed by atoms with Crippen molar-refractivity contribution in [2.75, 3.05) is 32.5 Å². The highest BCUT2D eigenvalue weighted by atomic mass is 16.2. The fourth-order valence-corrected chi connectivity index (χ4v) is 2.21. The molecule has 0 radical (unpaired) electrons. The Hall–Kier alpha value is -2.73. The number of nitrogens with zero attached hydrogens (tertiary/aromatic N) is 2. The van der Waals surface area contributed by atoms with Gasteiger partial charge in [0.15, 0.2) is 0 Å². The summed E-state index contributed by atoms with van der Waals surface area (Å²) in [5.41, 5.74) is 2.63. The highest BCUT2D eigenvalue weighted by Gasteiger charge is 2.11. The van der Waals surface area contributed by atoms with Crippen molar-refractivity contribution in [2.45, 2.75) is 13.3 Å². The largest absolute Gasteiger partial charge is 0.351 e. The van der Waals surface area contributed by atoms with Crippen LogP contribution in [0.2, 0.25) is 0 Å². The zero-order chi connectivity index (χ0) is 18.2. The van der Waals surface area contributed by atoms with E-state index >= 15 is 0 Å². The molecule has 0 fully saturated rings. The fraction of sp³-hybridized carbons (Fsp3) is 0.316. The van der Waals surface area contributed by atoms with Crippen LogP contribution in [0.15, 0.2) is 42.7 Å². The fourth-order valence-electron chi connectivity index (χ4n) is 2.21. The number of benzene rings is 1. The Labute approximate surface area is 148 Å². The van der Waals surface area contributed by atoms with E-state index in [1.54, 1.807) is 6.07 Å². The van der Waals surface area contributed by atoms with E-state index in [-0.39, 0.29) is 11.8 Å². The molecule has 1 heterocycles. The average molecular weight is 340 g/mol. The first-order valence-electron chi connectivity index (χ1n) is 8.28. The highest BCUT2D eigenvalue weighted by Crippen LogP contribution is 2.12. The monoisotopic (exact) mass is 340 g/mol. The van der Waals surface area contributed by atoms with Crippen LogP contribution in [0.3, 0.4) is 0 Å². The molecule has 25 heavy (non-hydrogen) atoms. The van der Waals surface area contributed by atoms with Crippen LogP contribution in [-0.4, -0.2) is 48.9 Å². The van der Waals surface area contributed by atoms with Crippen LogP contribution in [0, 0.1) is 0 Å². The number of aryl methyl sites for hydroxylation is 1. The van der Waals surface area contributed by atoms with E-state index < -0.39 is 0 Å². The van der Waals surface area contributed by atoms with Gasteiger partial charge in [0.1, 0.15) is 0 Å². The van der Waals surface area contributed by atoms with E-state index in [0.717, 1.165) is 13.0 Å². The number of carbonyl (C=O) groups excluding carboxylic acids is 2. The second-order valence-electron chi connectivity index (χ2n) is 6.03. The van der Waals surface area contributed by atoms with Gasteiger partial charge in [-0.3, -0.25) is 14.6 Å². The predicted molar refractivity (Wildman–Crippen MR) is 98.9 cm³/mol. The number of nitrogens with one attached hydrogen (secondary N) is 2. The molecule has 132 valence electrons. The molecule has 0 saturated heterocycles. The quantitative estimate of drug-likeness (QED) is 0.810. The third kappa shape index (κ3) is 5.69. The number of aromatic nitrogens is 1. The number of amides is 2. The molecule has 6 nitrogen and oxygen atoms in total. The van der Waals surface area contributed by atoms with Gasteiger partial charge in [0, 0.05) is 31.2 Å². The van der Waals surface area contributed by atoms with Gasteiger partial charge < -0.3 is 15.5 Å². The van der Waals surface area contributed by atoms with Crippen LogP contribution in [-0.2, 0) is 6.42 Å². The molecule has 2 rings (SSSR count). The highest BCUT2D eigenvalue weighted by molar-refractivity contribution is 6.05. The smallest absolute Gasteiger partial charge is 0.257 e. The third-order valence-electron chi connectivity index (χ3n) is 3.73. The summed E-state index contributed by atoms with van der Waals surface area (Å²) in [7, 11) is 3.87. The summed E-state index contributed by atoms with van der Waals surface area (Å²) in [6.45, 7) is 3.35. The molecule has 6 heteroatoms. The second kappa shape index (κ2) is 8.94. The van der Waals surface area contributed by atoms with E-state index in [2.05, 4.69) is 22.5 Å². The lowest BCUT2D eigenvalue weighted by Crippen LogP contribution is -2.31. The zero-order valence-electron chi connectivity index (χ0n) is 14.9. The molecule has 0 aliphatic carbocycles. The van der Waals surface area contributed by atoms with Crippen LogP contribution in [0.5, 0.6) is 0 Å². The van der Waals surface area contributed by atoms with Gasteiger partial charge in [0.2, 0.25) is 0 Å².